The highest BCUT2D eigenvalue weighted by atomic mass is 16.2. The van der Waals surface area contributed by atoms with Crippen molar-refractivity contribution in [2.45, 2.75) is 82.8 Å². The molecule has 2 N–H and O–H groups in total. The second kappa shape index (κ2) is 15.2. The first kappa shape index (κ1) is 29.3. The molecule has 2 amide bonds. The van der Waals surface area contributed by atoms with Gasteiger partial charge in [0.25, 0.3) is 0 Å². The van der Waals surface area contributed by atoms with Crippen molar-refractivity contribution < 1.29 is 9.59 Å². The third-order valence-corrected chi connectivity index (χ3v) is 8.76. The van der Waals surface area contributed by atoms with Gasteiger partial charge in [-0.3, -0.25) is 9.59 Å². The van der Waals surface area contributed by atoms with Gasteiger partial charge in [-0.25, -0.2) is 0 Å². The number of rotatable bonds is 13. The van der Waals surface area contributed by atoms with E-state index in [0.717, 1.165) is 77.5 Å². The Labute approximate surface area is 235 Å². The average Bonchev–Trinajstić information content (AvgIpc) is 3.46. The molecule has 2 aliphatic rings. The summed E-state index contributed by atoms with van der Waals surface area (Å²) in [5.41, 5.74) is 2.69. The van der Waals surface area contributed by atoms with E-state index in [2.05, 4.69) is 81.1 Å². The maximum Gasteiger partial charge on any atom is 0.245 e. The third-order valence-electron chi connectivity index (χ3n) is 8.76. The van der Waals surface area contributed by atoms with Crippen LogP contribution in [0.4, 0.5) is 0 Å². The topological polar surface area (TPSA) is 64.7 Å². The second-order valence-corrected chi connectivity index (χ2v) is 11.5. The van der Waals surface area contributed by atoms with E-state index in [0.29, 0.717) is 0 Å². The van der Waals surface area contributed by atoms with Crippen molar-refractivity contribution in [1.82, 2.24) is 20.4 Å². The predicted molar refractivity (Wildman–Crippen MR) is 158 cm³/mol. The highest BCUT2D eigenvalue weighted by Gasteiger charge is 2.39. The fourth-order valence-electron chi connectivity index (χ4n) is 6.21. The summed E-state index contributed by atoms with van der Waals surface area (Å²) in [6, 6.07) is 20.8. The van der Waals surface area contributed by atoms with Crippen LogP contribution in [0.25, 0.3) is 0 Å². The van der Waals surface area contributed by atoms with Crippen molar-refractivity contribution >= 4 is 11.8 Å². The van der Waals surface area contributed by atoms with Gasteiger partial charge in [-0.2, -0.15) is 0 Å². The van der Waals surface area contributed by atoms with E-state index in [9.17, 15) is 9.59 Å². The Bertz CT molecular complexity index is 965. The van der Waals surface area contributed by atoms with E-state index in [1.165, 1.54) is 17.5 Å². The van der Waals surface area contributed by atoms with Gasteiger partial charge in [-0.15, -0.1) is 0 Å². The standard InChI is InChI=1S/C33H48N4O2/c1-26(34-2)32(38)35-31(29-17-10-5-11-18-29)33(39)37-22-12-19-30(37)25-36(23-20-27-13-6-3-7-14-27)24-21-28-15-8-4-9-16-28/h3-4,6-9,13-16,26,29-31,34H,5,10-12,17-25H2,1-2H3,(H,35,38)/t26-,30-,31+/m0/s1. The summed E-state index contributed by atoms with van der Waals surface area (Å²) in [4.78, 5) is 31.7. The summed E-state index contributed by atoms with van der Waals surface area (Å²) < 4.78 is 0. The molecule has 3 atom stereocenters. The molecule has 4 rings (SSSR count). The Hall–Kier alpha value is -2.70. The summed E-state index contributed by atoms with van der Waals surface area (Å²) in [6.45, 7) is 5.46. The number of likely N-dealkylation sites (tertiary alicyclic amines) is 1. The summed E-state index contributed by atoms with van der Waals surface area (Å²) in [6.07, 6.45) is 9.59. The van der Waals surface area contributed by atoms with Crippen LogP contribution < -0.4 is 10.6 Å². The third kappa shape index (κ3) is 8.64. The molecule has 1 heterocycles. The van der Waals surface area contributed by atoms with Crippen LogP contribution >= 0.6 is 0 Å². The van der Waals surface area contributed by atoms with Gasteiger partial charge >= 0.3 is 0 Å². The Morgan fingerprint density at radius 2 is 1.46 bits per heavy atom. The summed E-state index contributed by atoms with van der Waals surface area (Å²) in [5.74, 6) is 0.282. The minimum Gasteiger partial charge on any atom is -0.343 e. The molecule has 6 heteroatoms. The Morgan fingerprint density at radius 3 is 2.03 bits per heavy atom. The molecule has 39 heavy (non-hydrogen) atoms. The number of nitrogens with one attached hydrogen (secondary N) is 2. The van der Waals surface area contributed by atoms with E-state index in [4.69, 9.17) is 0 Å². The lowest BCUT2D eigenvalue weighted by Gasteiger charge is -2.37. The molecular formula is C33H48N4O2. The lowest BCUT2D eigenvalue weighted by Crippen LogP contribution is -2.57. The number of likely N-dealkylation sites (N-methyl/N-ethyl adjacent to an activating group) is 1. The fourth-order valence-corrected chi connectivity index (χ4v) is 6.21. The number of hydrogen-bond donors (Lipinski definition) is 2. The van der Waals surface area contributed by atoms with E-state index in [1.807, 2.05) is 6.92 Å². The van der Waals surface area contributed by atoms with Crippen molar-refractivity contribution in [1.29, 1.82) is 0 Å². The summed E-state index contributed by atoms with van der Waals surface area (Å²) in [7, 11) is 1.79. The van der Waals surface area contributed by atoms with Crippen LogP contribution in [0.1, 0.15) is 63.0 Å². The Morgan fingerprint density at radius 1 is 0.872 bits per heavy atom. The molecule has 2 fully saturated rings. The first-order chi connectivity index (χ1) is 19.0. The largest absolute Gasteiger partial charge is 0.343 e. The summed E-state index contributed by atoms with van der Waals surface area (Å²) >= 11 is 0. The van der Waals surface area contributed by atoms with Crippen LogP contribution in [0.15, 0.2) is 60.7 Å². The first-order valence-electron chi connectivity index (χ1n) is 15.1. The van der Waals surface area contributed by atoms with Crippen molar-refractivity contribution in [3.8, 4) is 0 Å². The van der Waals surface area contributed by atoms with Crippen molar-refractivity contribution in [3.63, 3.8) is 0 Å². The molecule has 0 radical (unpaired) electrons. The molecular weight excluding hydrogens is 484 g/mol. The molecule has 1 aliphatic carbocycles. The lowest BCUT2D eigenvalue weighted by molar-refractivity contribution is -0.139. The van der Waals surface area contributed by atoms with Gasteiger partial charge in [-0.1, -0.05) is 79.9 Å². The zero-order chi connectivity index (χ0) is 27.5. The number of nitrogens with zero attached hydrogens (tertiary/aromatic N) is 2. The van der Waals surface area contributed by atoms with Crippen LogP contribution in [0.2, 0.25) is 0 Å². The molecule has 2 aromatic rings. The number of carbonyl (C=O) groups is 2. The SMILES string of the molecule is CN[C@@H](C)C(=O)N[C@@H](C(=O)N1CCC[C@H]1CN(CCc1ccccc1)CCc1ccccc1)C1CCCCC1. The normalized spacial score (nSPS) is 19.7. The highest BCUT2D eigenvalue weighted by Crippen LogP contribution is 2.29. The first-order valence-corrected chi connectivity index (χ1v) is 15.1. The van der Waals surface area contributed by atoms with Crippen LogP contribution in [-0.4, -0.2) is 73.0 Å². The van der Waals surface area contributed by atoms with Gasteiger partial charge in [0.05, 0.1) is 6.04 Å². The zero-order valence-corrected chi connectivity index (χ0v) is 24.0. The van der Waals surface area contributed by atoms with Gasteiger partial charge < -0.3 is 20.4 Å². The van der Waals surface area contributed by atoms with E-state index in [1.54, 1.807) is 7.05 Å². The number of benzene rings is 2. The molecule has 212 valence electrons. The molecule has 1 saturated heterocycles. The fraction of sp³-hybridized carbons (Fsp3) is 0.576. The average molecular weight is 533 g/mol. The lowest BCUT2D eigenvalue weighted by atomic mass is 9.83. The minimum atomic E-state index is -0.420. The van der Waals surface area contributed by atoms with Crippen molar-refractivity contribution in [2.75, 3.05) is 33.2 Å². The Balaban J connectivity index is 1.45. The van der Waals surface area contributed by atoms with Gasteiger partial charge in [0, 0.05) is 32.2 Å². The number of carbonyl (C=O) groups excluding carboxylic acids is 2. The van der Waals surface area contributed by atoms with Crippen molar-refractivity contribution in [2.24, 2.45) is 5.92 Å². The number of hydrogen-bond acceptors (Lipinski definition) is 4. The van der Waals surface area contributed by atoms with E-state index < -0.39 is 6.04 Å². The molecule has 0 unspecified atom stereocenters. The molecule has 0 spiro atoms. The van der Waals surface area contributed by atoms with Gasteiger partial charge in [0.15, 0.2) is 0 Å². The molecule has 6 nitrogen and oxygen atoms in total. The Kier molecular flexibility index (Phi) is 11.4. The monoisotopic (exact) mass is 532 g/mol. The predicted octanol–water partition coefficient (Wildman–Crippen LogP) is 4.44. The maximum atomic E-state index is 14.1. The molecule has 1 aliphatic heterocycles. The second-order valence-electron chi connectivity index (χ2n) is 11.5. The van der Waals surface area contributed by atoms with Gasteiger partial charge in [0.2, 0.25) is 11.8 Å². The van der Waals surface area contributed by atoms with E-state index in [-0.39, 0.29) is 29.8 Å². The summed E-state index contributed by atoms with van der Waals surface area (Å²) in [5, 5.41) is 6.20. The molecule has 2 aromatic carbocycles. The van der Waals surface area contributed by atoms with Crippen LogP contribution in [0.3, 0.4) is 0 Å². The quantitative estimate of drug-likeness (QED) is 0.400. The molecule has 0 aromatic heterocycles. The van der Waals surface area contributed by atoms with Gasteiger partial charge in [0.1, 0.15) is 6.04 Å². The van der Waals surface area contributed by atoms with Crippen LogP contribution in [0, 0.1) is 5.92 Å². The number of amides is 2. The highest BCUT2D eigenvalue weighted by molar-refractivity contribution is 5.90. The van der Waals surface area contributed by atoms with Crippen molar-refractivity contribution in [3.05, 3.63) is 71.8 Å². The smallest absolute Gasteiger partial charge is 0.245 e. The van der Waals surface area contributed by atoms with Crippen LogP contribution in [0.5, 0.6) is 0 Å². The maximum absolute atomic E-state index is 14.1. The minimum absolute atomic E-state index is 0.0791. The molecule has 0 bridgehead atoms. The van der Waals surface area contributed by atoms with E-state index >= 15 is 0 Å². The van der Waals surface area contributed by atoms with Gasteiger partial charge in [-0.05, 0) is 69.5 Å². The molecule has 1 saturated carbocycles. The van der Waals surface area contributed by atoms with Crippen LogP contribution in [-0.2, 0) is 22.4 Å². The zero-order valence-electron chi connectivity index (χ0n) is 24.0.